The van der Waals surface area contributed by atoms with Gasteiger partial charge in [-0.2, -0.15) is 0 Å². The Labute approximate surface area is 61.0 Å². The maximum atomic E-state index is 10.2. The zero-order valence-electron chi connectivity index (χ0n) is 4.98. The zero-order chi connectivity index (χ0) is 7.40. The van der Waals surface area contributed by atoms with Crippen LogP contribution in [0.2, 0.25) is 0 Å². The lowest BCUT2D eigenvalue weighted by Crippen LogP contribution is -2.12. The third-order valence-electron chi connectivity index (χ3n) is 0.678. The van der Waals surface area contributed by atoms with Crippen molar-refractivity contribution >= 4 is 17.7 Å². The molecule has 0 spiro atoms. The van der Waals surface area contributed by atoms with E-state index in [0.29, 0.717) is 5.22 Å². The molecular formula is C4H5N3O2S. The highest BCUT2D eigenvalue weighted by Gasteiger charge is 2.00. The van der Waals surface area contributed by atoms with E-state index in [0.717, 1.165) is 11.8 Å². The molecule has 1 heterocycles. The number of hydrogen-bond donors (Lipinski definition) is 1. The molecule has 0 aromatic carbocycles. The minimum Gasteiger partial charge on any atom is -0.419 e. The summed E-state index contributed by atoms with van der Waals surface area (Å²) < 4.78 is 4.72. The molecule has 6 heteroatoms. The minimum atomic E-state index is -0.400. The number of carbonyl (C=O) groups excluding carboxylic acids is 1. The molecule has 0 bridgehead atoms. The maximum absolute atomic E-state index is 10.2. The molecule has 1 amide bonds. The molecule has 0 saturated carbocycles. The first-order valence-electron chi connectivity index (χ1n) is 2.46. The van der Waals surface area contributed by atoms with Gasteiger partial charge in [-0.1, -0.05) is 11.8 Å². The van der Waals surface area contributed by atoms with E-state index >= 15 is 0 Å². The van der Waals surface area contributed by atoms with E-state index in [1.165, 1.54) is 6.39 Å². The van der Waals surface area contributed by atoms with Crippen molar-refractivity contribution in [2.75, 3.05) is 5.75 Å². The Morgan fingerprint density at radius 1 is 1.90 bits per heavy atom. The van der Waals surface area contributed by atoms with E-state index in [-0.39, 0.29) is 5.75 Å². The normalized spacial score (nSPS) is 9.60. The molecule has 0 aliphatic heterocycles. The molecule has 0 fully saturated rings. The van der Waals surface area contributed by atoms with Gasteiger partial charge in [0.1, 0.15) is 0 Å². The lowest BCUT2D eigenvalue weighted by molar-refractivity contribution is -0.115. The molecule has 0 aliphatic rings. The van der Waals surface area contributed by atoms with E-state index in [9.17, 15) is 4.79 Å². The van der Waals surface area contributed by atoms with Crippen molar-refractivity contribution in [1.82, 2.24) is 10.2 Å². The van der Waals surface area contributed by atoms with Crippen LogP contribution in [0, 0.1) is 0 Å². The Morgan fingerprint density at radius 2 is 2.70 bits per heavy atom. The summed E-state index contributed by atoms with van der Waals surface area (Å²) in [5.74, 6) is -0.231. The fourth-order valence-corrected chi connectivity index (χ4v) is 0.840. The van der Waals surface area contributed by atoms with E-state index < -0.39 is 5.91 Å². The predicted octanol–water partition coefficient (Wildman–Crippen LogP) is -0.353. The van der Waals surface area contributed by atoms with Crippen molar-refractivity contribution in [2.45, 2.75) is 5.22 Å². The Morgan fingerprint density at radius 3 is 3.20 bits per heavy atom. The van der Waals surface area contributed by atoms with Crippen molar-refractivity contribution in [3.63, 3.8) is 0 Å². The van der Waals surface area contributed by atoms with Gasteiger partial charge in [0.25, 0.3) is 5.22 Å². The zero-order valence-corrected chi connectivity index (χ0v) is 5.80. The molecule has 0 unspecified atom stereocenters. The van der Waals surface area contributed by atoms with Gasteiger partial charge in [0.15, 0.2) is 0 Å². The number of amides is 1. The van der Waals surface area contributed by atoms with Gasteiger partial charge in [0.2, 0.25) is 12.3 Å². The molecule has 1 aromatic heterocycles. The molecule has 0 aliphatic carbocycles. The van der Waals surface area contributed by atoms with Gasteiger partial charge >= 0.3 is 0 Å². The molecule has 0 atom stereocenters. The molecule has 0 saturated heterocycles. The average Bonchev–Trinajstić information content (AvgIpc) is 2.34. The largest absolute Gasteiger partial charge is 0.419 e. The Bertz CT molecular complexity index is 210. The molecule has 1 aromatic rings. The van der Waals surface area contributed by atoms with Gasteiger partial charge in [0, 0.05) is 0 Å². The van der Waals surface area contributed by atoms with Crippen LogP contribution in [0.1, 0.15) is 0 Å². The number of nitrogens with two attached hydrogens (primary N) is 1. The summed E-state index contributed by atoms with van der Waals surface area (Å²) in [4.78, 5) is 10.2. The smallest absolute Gasteiger partial charge is 0.276 e. The molecule has 54 valence electrons. The van der Waals surface area contributed by atoms with Gasteiger partial charge in [-0.05, 0) is 0 Å². The van der Waals surface area contributed by atoms with Crippen molar-refractivity contribution in [1.29, 1.82) is 0 Å². The average molecular weight is 159 g/mol. The third-order valence-corrected chi connectivity index (χ3v) is 1.53. The summed E-state index contributed by atoms with van der Waals surface area (Å²) in [6.07, 6.45) is 1.20. The molecule has 5 nitrogen and oxygen atoms in total. The fourth-order valence-electron chi connectivity index (χ4n) is 0.359. The number of nitrogens with zero attached hydrogens (tertiary/aromatic N) is 2. The minimum absolute atomic E-state index is 0.169. The standard InChI is InChI=1S/C4H5N3O2S/c5-3(8)1-10-4-7-6-2-9-4/h2H,1H2,(H2,5,8). The van der Waals surface area contributed by atoms with Crippen LogP contribution < -0.4 is 5.73 Å². The Hall–Kier alpha value is -1.04. The lowest BCUT2D eigenvalue weighted by atomic mass is 10.8. The summed E-state index contributed by atoms with van der Waals surface area (Å²) in [6.45, 7) is 0. The van der Waals surface area contributed by atoms with E-state index in [1.54, 1.807) is 0 Å². The van der Waals surface area contributed by atoms with Gasteiger partial charge in [-0.25, -0.2) is 0 Å². The Balaban J connectivity index is 2.35. The molecule has 1 rings (SSSR count). The highest BCUT2D eigenvalue weighted by molar-refractivity contribution is 7.99. The number of carbonyl (C=O) groups is 1. The topological polar surface area (TPSA) is 82.0 Å². The Kier molecular flexibility index (Phi) is 2.27. The van der Waals surface area contributed by atoms with Crippen LogP contribution in [0.4, 0.5) is 0 Å². The number of primary amides is 1. The second kappa shape index (κ2) is 3.21. The molecule has 2 N–H and O–H groups in total. The van der Waals surface area contributed by atoms with Gasteiger partial charge < -0.3 is 10.2 Å². The van der Waals surface area contributed by atoms with Crippen molar-refractivity contribution < 1.29 is 9.21 Å². The summed E-state index contributed by atoms with van der Waals surface area (Å²) in [7, 11) is 0. The summed E-state index contributed by atoms with van der Waals surface area (Å²) >= 11 is 1.12. The van der Waals surface area contributed by atoms with Crippen molar-refractivity contribution in [3.8, 4) is 0 Å². The van der Waals surface area contributed by atoms with Crippen molar-refractivity contribution in [3.05, 3.63) is 6.39 Å². The number of aromatic nitrogens is 2. The van der Waals surface area contributed by atoms with Gasteiger partial charge in [-0.3, -0.25) is 4.79 Å². The quantitative estimate of drug-likeness (QED) is 0.609. The van der Waals surface area contributed by atoms with Crippen LogP contribution in [0.3, 0.4) is 0 Å². The highest BCUT2D eigenvalue weighted by Crippen LogP contribution is 2.11. The van der Waals surface area contributed by atoms with Crippen LogP contribution in [0.15, 0.2) is 16.0 Å². The van der Waals surface area contributed by atoms with Crippen molar-refractivity contribution in [2.24, 2.45) is 5.73 Å². The molecule has 0 radical (unpaired) electrons. The first kappa shape index (κ1) is 7.07. The first-order chi connectivity index (χ1) is 4.79. The molecular weight excluding hydrogens is 154 g/mol. The van der Waals surface area contributed by atoms with Crippen LogP contribution in [-0.2, 0) is 4.79 Å². The van der Waals surface area contributed by atoms with Crippen LogP contribution in [0.5, 0.6) is 0 Å². The monoisotopic (exact) mass is 159 g/mol. The second-order valence-corrected chi connectivity index (χ2v) is 2.39. The maximum Gasteiger partial charge on any atom is 0.276 e. The van der Waals surface area contributed by atoms with E-state index in [2.05, 4.69) is 10.2 Å². The van der Waals surface area contributed by atoms with Gasteiger partial charge in [0.05, 0.1) is 5.75 Å². The summed E-state index contributed by atoms with van der Waals surface area (Å²) in [5.41, 5.74) is 4.86. The predicted molar refractivity (Wildman–Crippen MR) is 34.2 cm³/mol. The number of hydrogen-bond acceptors (Lipinski definition) is 5. The number of rotatable bonds is 3. The second-order valence-electron chi connectivity index (χ2n) is 1.46. The lowest BCUT2D eigenvalue weighted by Gasteiger charge is -1.87. The van der Waals surface area contributed by atoms with E-state index in [4.69, 9.17) is 10.2 Å². The van der Waals surface area contributed by atoms with Gasteiger partial charge in [-0.15, -0.1) is 10.2 Å². The van der Waals surface area contributed by atoms with Crippen LogP contribution >= 0.6 is 11.8 Å². The third kappa shape index (κ3) is 2.06. The number of thioether (sulfide) groups is 1. The summed E-state index contributed by atoms with van der Waals surface area (Å²) in [5, 5.41) is 7.30. The molecule has 10 heavy (non-hydrogen) atoms. The van der Waals surface area contributed by atoms with Crippen LogP contribution in [-0.4, -0.2) is 21.9 Å². The first-order valence-corrected chi connectivity index (χ1v) is 3.45. The SMILES string of the molecule is NC(=O)CSc1nnco1. The van der Waals surface area contributed by atoms with E-state index in [1.807, 2.05) is 0 Å². The highest BCUT2D eigenvalue weighted by atomic mass is 32.2. The van der Waals surface area contributed by atoms with Crippen LogP contribution in [0.25, 0.3) is 0 Å². The fraction of sp³-hybridized carbons (Fsp3) is 0.250. The summed E-state index contributed by atoms with van der Waals surface area (Å²) in [6, 6.07) is 0.